The maximum atomic E-state index is 7.37. The molecule has 44 heavy (non-hydrogen) atoms. The van der Waals surface area contributed by atoms with Crippen LogP contribution in [0.3, 0.4) is 0 Å². The average molecular weight is 607 g/mol. The van der Waals surface area contributed by atoms with Crippen LogP contribution in [-0.4, -0.2) is 0 Å². The van der Waals surface area contributed by atoms with Gasteiger partial charge in [0.25, 0.3) is 0 Å². The molecule has 4 aromatic carbocycles. The first-order valence-electron chi connectivity index (χ1n) is 16.1. The minimum Gasteiger partial charge on any atom is -0.354 e. The van der Waals surface area contributed by atoms with Crippen molar-refractivity contribution in [3.8, 4) is 0 Å². The highest BCUT2D eigenvalue weighted by molar-refractivity contribution is 6.36. The lowest BCUT2D eigenvalue weighted by Crippen LogP contribution is -2.33. The molecule has 0 aromatic heterocycles. The second-order valence-corrected chi connectivity index (χ2v) is 16.6. The zero-order valence-electron chi connectivity index (χ0n) is 28.7. The molecule has 0 unspecified atom stereocenters. The van der Waals surface area contributed by atoms with Crippen molar-refractivity contribution in [2.24, 2.45) is 0 Å². The fraction of sp³-hybridized carbons (Fsp3) is 0.415. The first-order valence-corrected chi connectivity index (χ1v) is 16.5. The third-order valence-electron chi connectivity index (χ3n) is 9.55. The Balaban J connectivity index is 1.61. The SMILES string of the molecule is Cc1cc(Nc2ccc3c(c2)C(C)(C)CCC3(C)C)c(Cl)c(N(c2ccc(C(C)(C)C)cc2)c2ccc(C(C)(C)C)cc2)c1. The van der Waals surface area contributed by atoms with E-state index in [1.54, 1.807) is 0 Å². The van der Waals surface area contributed by atoms with Crippen molar-refractivity contribution in [1.29, 1.82) is 0 Å². The van der Waals surface area contributed by atoms with Gasteiger partial charge in [-0.3, -0.25) is 0 Å². The molecule has 5 rings (SSSR count). The molecule has 3 heteroatoms. The summed E-state index contributed by atoms with van der Waals surface area (Å²) >= 11 is 7.37. The summed E-state index contributed by atoms with van der Waals surface area (Å²) in [6.07, 6.45) is 2.39. The van der Waals surface area contributed by atoms with E-state index in [1.807, 2.05) is 0 Å². The molecule has 0 aliphatic heterocycles. The number of fused-ring (bicyclic) bond motifs is 1. The van der Waals surface area contributed by atoms with Crippen LogP contribution in [-0.2, 0) is 21.7 Å². The van der Waals surface area contributed by atoms with E-state index < -0.39 is 0 Å². The number of anilines is 5. The second-order valence-electron chi connectivity index (χ2n) is 16.2. The normalized spacial score (nSPS) is 15.9. The maximum Gasteiger partial charge on any atom is 0.0881 e. The molecule has 0 saturated heterocycles. The van der Waals surface area contributed by atoms with E-state index in [-0.39, 0.29) is 21.7 Å². The topological polar surface area (TPSA) is 15.3 Å². The van der Waals surface area contributed by atoms with Gasteiger partial charge >= 0.3 is 0 Å². The molecule has 1 aliphatic rings. The number of rotatable bonds is 5. The van der Waals surface area contributed by atoms with Gasteiger partial charge in [-0.2, -0.15) is 0 Å². The fourth-order valence-electron chi connectivity index (χ4n) is 6.47. The van der Waals surface area contributed by atoms with Gasteiger partial charge in [-0.05, 0) is 118 Å². The molecule has 0 bridgehead atoms. The van der Waals surface area contributed by atoms with Crippen molar-refractivity contribution in [3.05, 3.63) is 112 Å². The molecular weight excluding hydrogens is 556 g/mol. The molecule has 0 atom stereocenters. The summed E-state index contributed by atoms with van der Waals surface area (Å²) in [6, 6.07) is 29.1. The summed E-state index contributed by atoms with van der Waals surface area (Å²) in [5, 5.41) is 4.43. The van der Waals surface area contributed by atoms with Crippen LogP contribution in [0.25, 0.3) is 0 Å². The molecule has 1 N–H and O–H groups in total. The number of halogens is 1. The van der Waals surface area contributed by atoms with Crippen molar-refractivity contribution < 1.29 is 0 Å². The molecule has 0 spiro atoms. The van der Waals surface area contributed by atoms with Gasteiger partial charge in [-0.1, -0.05) is 111 Å². The highest BCUT2D eigenvalue weighted by atomic mass is 35.5. The summed E-state index contributed by atoms with van der Waals surface area (Å²) in [6.45, 7) is 25.1. The van der Waals surface area contributed by atoms with E-state index in [1.165, 1.54) is 35.1 Å². The van der Waals surface area contributed by atoms with Crippen molar-refractivity contribution in [2.75, 3.05) is 10.2 Å². The molecule has 0 saturated carbocycles. The first-order chi connectivity index (χ1) is 20.4. The van der Waals surface area contributed by atoms with Crippen molar-refractivity contribution >= 4 is 40.0 Å². The van der Waals surface area contributed by atoms with Crippen molar-refractivity contribution in [3.63, 3.8) is 0 Å². The Morgan fingerprint density at radius 2 is 1.11 bits per heavy atom. The Bertz CT molecular complexity index is 1590. The van der Waals surface area contributed by atoms with Gasteiger partial charge in [0.1, 0.15) is 0 Å². The molecule has 0 amide bonds. The summed E-state index contributed by atoms with van der Waals surface area (Å²) in [4.78, 5) is 2.29. The lowest BCUT2D eigenvalue weighted by molar-refractivity contribution is 0.332. The number of aryl methyl sites for hydroxylation is 1. The van der Waals surface area contributed by atoms with E-state index in [2.05, 4.69) is 165 Å². The summed E-state index contributed by atoms with van der Waals surface area (Å²) < 4.78 is 0. The second kappa shape index (κ2) is 11.3. The van der Waals surface area contributed by atoms with Gasteiger partial charge in [0, 0.05) is 17.1 Å². The highest BCUT2D eigenvalue weighted by Gasteiger charge is 2.37. The number of nitrogens with zero attached hydrogens (tertiary/aromatic N) is 1. The monoisotopic (exact) mass is 606 g/mol. The molecule has 0 heterocycles. The molecular formula is C41H51ClN2. The molecule has 0 fully saturated rings. The predicted octanol–water partition coefficient (Wildman–Crippen LogP) is 12.8. The number of hydrogen-bond donors (Lipinski definition) is 1. The van der Waals surface area contributed by atoms with Gasteiger partial charge in [-0.25, -0.2) is 0 Å². The van der Waals surface area contributed by atoms with E-state index in [0.29, 0.717) is 5.02 Å². The molecule has 1 aliphatic carbocycles. The van der Waals surface area contributed by atoms with E-state index in [9.17, 15) is 0 Å². The maximum absolute atomic E-state index is 7.37. The van der Waals surface area contributed by atoms with Crippen LogP contribution in [0.5, 0.6) is 0 Å². The minimum absolute atomic E-state index is 0.0778. The Morgan fingerprint density at radius 1 is 0.636 bits per heavy atom. The zero-order chi connectivity index (χ0) is 32.2. The van der Waals surface area contributed by atoms with E-state index >= 15 is 0 Å². The average Bonchev–Trinajstić information content (AvgIpc) is 2.93. The summed E-state index contributed by atoms with van der Waals surface area (Å²) in [5.74, 6) is 0. The summed E-state index contributed by atoms with van der Waals surface area (Å²) in [7, 11) is 0. The molecule has 0 radical (unpaired) electrons. The first kappa shape index (κ1) is 32.2. The van der Waals surface area contributed by atoms with Gasteiger partial charge in [0.05, 0.1) is 16.4 Å². The predicted molar refractivity (Wildman–Crippen MR) is 193 cm³/mol. The number of hydrogen-bond acceptors (Lipinski definition) is 2. The van der Waals surface area contributed by atoms with Gasteiger partial charge in [0.15, 0.2) is 0 Å². The van der Waals surface area contributed by atoms with Crippen LogP contribution in [0.1, 0.15) is 110 Å². The third-order valence-corrected chi connectivity index (χ3v) is 9.95. The van der Waals surface area contributed by atoms with Gasteiger partial charge in [-0.15, -0.1) is 0 Å². The zero-order valence-corrected chi connectivity index (χ0v) is 29.5. The largest absolute Gasteiger partial charge is 0.354 e. The van der Waals surface area contributed by atoms with E-state index in [4.69, 9.17) is 11.6 Å². The third kappa shape index (κ3) is 6.43. The number of benzene rings is 4. The lowest BCUT2D eigenvalue weighted by atomic mass is 9.63. The van der Waals surface area contributed by atoms with Crippen LogP contribution in [0.15, 0.2) is 78.9 Å². The van der Waals surface area contributed by atoms with Gasteiger partial charge < -0.3 is 10.2 Å². The molecule has 4 aromatic rings. The number of nitrogens with one attached hydrogen (secondary N) is 1. The molecule has 2 nitrogen and oxygen atoms in total. The van der Waals surface area contributed by atoms with Crippen molar-refractivity contribution in [2.45, 2.75) is 111 Å². The quantitative estimate of drug-likeness (QED) is 0.243. The van der Waals surface area contributed by atoms with Crippen LogP contribution < -0.4 is 10.2 Å². The smallest absolute Gasteiger partial charge is 0.0881 e. The lowest BCUT2D eigenvalue weighted by Gasteiger charge is -2.42. The fourth-order valence-corrected chi connectivity index (χ4v) is 6.71. The van der Waals surface area contributed by atoms with Crippen LogP contribution in [0.4, 0.5) is 28.4 Å². The van der Waals surface area contributed by atoms with E-state index in [0.717, 1.165) is 34.0 Å². The van der Waals surface area contributed by atoms with Gasteiger partial charge in [0.2, 0.25) is 0 Å². The Morgan fingerprint density at radius 3 is 1.59 bits per heavy atom. The van der Waals surface area contributed by atoms with Crippen LogP contribution in [0.2, 0.25) is 5.02 Å². The van der Waals surface area contributed by atoms with Crippen LogP contribution in [0, 0.1) is 6.92 Å². The Hall–Kier alpha value is -3.23. The van der Waals surface area contributed by atoms with Crippen molar-refractivity contribution in [1.82, 2.24) is 0 Å². The summed E-state index contributed by atoms with van der Waals surface area (Å²) in [5.41, 5.74) is 12.2. The molecule has 232 valence electrons. The van der Waals surface area contributed by atoms with Crippen LogP contribution >= 0.6 is 11.6 Å². The standard InChI is InChI=1S/C41H51ClN2/c1-27-24-35(43-30-16-21-33-34(26-30)41(10,11)23-22-40(33,8)9)37(42)36(25-27)44(31-17-12-28(13-18-31)38(2,3)4)32-19-14-29(15-20-32)39(5,6)7/h12-21,24-26,43H,22-23H2,1-11H3. The minimum atomic E-state index is 0.0778. The Kier molecular flexibility index (Phi) is 8.25. The Labute approximate surface area is 271 Å². The highest BCUT2D eigenvalue weighted by Crippen LogP contribution is 2.48.